The Hall–Kier alpha value is -0.890. The van der Waals surface area contributed by atoms with Gasteiger partial charge in [0, 0.05) is 17.8 Å². The summed E-state index contributed by atoms with van der Waals surface area (Å²) in [6.07, 6.45) is 9.70. The van der Waals surface area contributed by atoms with Crippen LogP contribution in [-0.4, -0.2) is 16.2 Å². The van der Waals surface area contributed by atoms with Gasteiger partial charge in [0.15, 0.2) is 0 Å². The minimum absolute atomic E-state index is 0.217. The predicted octanol–water partition coefficient (Wildman–Crippen LogP) is 4.08. The highest BCUT2D eigenvalue weighted by molar-refractivity contribution is 5.27. The number of aliphatic hydroxyl groups excluding tert-OH is 1. The smallest absolute Gasteiger partial charge is 0.0651 e. The number of fused-ring (bicyclic) bond motifs is 1. The summed E-state index contributed by atoms with van der Waals surface area (Å²) in [5.41, 5.74) is 2.51. The van der Waals surface area contributed by atoms with Crippen molar-refractivity contribution < 1.29 is 5.11 Å². The van der Waals surface area contributed by atoms with Crippen LogP contribution in [0.15, 0.2) is 18.3 Å². The normalized spacial score (nSPS) is 21.7. The summed E-state index contributed by atoms with van der Waals surface area (Å²) < 4.78 is 0. The van der Waals surface area contributed by atoms with Gasteiger partial charge in [0.2, 0.25) is 0 Å². The van der Waals surface area contributed by atoms with Crippen LogP contribution in [0.5, 0.6) is 0 Å². The van der Waals surface area contributed by atoms with Crippen LogP contribution in [0, 0.1) is 5.92 Å². The van der Waals surface area contributed by atoms with Gasteiger partial charge in [-0.3, -0.25) is 4.98 Å². The monoisotopic (exact) mass is 261 g/mol. The molecule has 19 heavy (non-hydrogen) atoms. The molecule has 0 aromatic carbocycles. The zero-order valence-corrected chi connectivity index (χ0v) is 12.3. The Balaban J connectivity index is 2.12. The van der Waals surface area contributed by atoms with Gasteiger partial charge in [-0.25, -0.2) is 0 Å². The SMILES string of the molecule is CCCCC(CC)C(O)C1CCCc2cccnc21. The first kappa shape index (κ1) is 14.5. The van der Waals surface area contributed by atoms with Crippen molar-refractivity contribution in [1.29, 1.82) is 0 Å². The Bertz CT molecular complexity index is 391. The molecule has 0 bridgehead atoms. The first-order valence-corrected chi connectivity index (χ1v) is 7.89. The van der Waals surface area contributed by atoms with E-state index in [2.05, 4.69) is 24.9 Å². The number of aromatic nitrogens is 1. The van der Waals surface area contributed by atoms with Gasteiger partial charge in [0.1, 0.15) is 0 Å². The van der Waals surface area contributed by atoms with E-state index in [9.17, 15) is 5.11 Å². The number of rotatable bonds is 6. The molecule has 2 rings (SSSR count). The Morgan fingerprint density at radius 3 is 3.00 bits per heavy atom. The van der Waals surface area contributed by atoms with E-state index in [1.165, 1.54) is 24.8 Å². The Morgan fingerprint density at radius 1 is 1.42 bits per heavy atom. The zero-order valence-electron chi connectivity index (χ0n) is 12.3. The molecule has 0 amide bonds. The van der Waals surface area contributed by atoms with Gasteiger partial charge in [-0.2, -0.15) is 0 Å². The Labute approximate surface area is 117 Å². The molecule has 1 aliphatic carbocycles. The summed E-state index contributed by atoms with van der Waals surface area (Å²) in [6, 6.07) is 4.19. The second kappa shape index (κ2) is 7.04. The molecule has 1 heterocycles. The van der Waals surface area contributed by atoms with Crippen molar-refractivity contribution in [1.82, 2.24) is 4.98 Å². The van der Waals surface area contributed by atoms with Crippen molar-refractivity contribution >= 4 is 0 Å². The second-order valence-electron chi connectivity index (χ2n) is 5.85. The summed E-state index contributed by atoms with van der Waals surface area (Å²) in [5, 5.41) is 10.8. The molecule has 2 heteroatoms. The average Bonchev–Trinajstić information content (AvgIpc) is 2.47. The number of aryl methyl sites for hydroxylation is 1. The third kappa shape index (κ3) is 3.36. The lowest BCUT2D eigenvalue weighted by atomic mass is 9.77. The van der Waals surface area contributed by atoms with Gasteiger partial charge in [-0.05, 0) is 43.2 Å². The Kier molecular flexibility index (Phi) is 5.38. The molecule has 1 aliphatic rings. The lowest BCUT2D eigenvalue weighted by molar-refractivity contribution is 0.0647. The number of unbranched alkanes of at least 4 members (excludes halogenated alkanes) is 1. The molecule has 1 aromatic heterocycles. The third-order valence-corrected chi connectivity index (χ3v) is 4.59. The van der Waals surface area contributed by atoms with E-state index in [-0.39, 0.29) is 12.0 Å². The van der Waals surface area contributed by atoms with E-state index in [1.807, 2.05) is 12.3 Å². The molecule has 106 valence electrons. The topological polar surface area (TPSA) is 33.1 Å². The van der Waals surface area contributed by atoms with Gasteiger partial charge in [0.05, 0.1) is 6.10 Å². The van der Waals surface area contributed by atoms with Gasteiger partial charge in [-0.1, -0.05) is 39.2 Å². The van der Waals surface area contributed by atoms with E-state index in [4.69, 9.17) is 0 Å². The summed E-state index contributed by atoms with van der Waals surface area (Å²) in [5.74, 6) is 0.685. The molecular formula is C17H27NO. The molecule has 2 nitrogen and oxygen atoms in total. The fourth-order valence-electron chi connectivity index (χ4n) is 3.39. The van der Waals surface area contributed by atoms with Crippen LogP contribution in [-0.2, 0) is 6.42 Å². The Morgan fingerprint density at radius 2 is 2.26 bits per heavy atom. The number of hydrogen-bond donors (Lipinski definition) is 1. The third-order valence-electron chi connectivity index (χ3n) is 4.59. The van der Waals surface area contributed by atoms with E-state index in [0.29, 0.717) is 5.92 Å². The van der Waals surface area contributed by atoms with Crippen LogP contribution in [0.3, 0.4) is 0 Å². The van der Waals surface area contributed by atoms with Crippen molar-refractivity contribution in [3.8, 4) is 0 Å². The highest BCUT2D eigenvalue weighted by Crippen LogP contribution is 2.36. The van der Waals surface area contributed by atoms with Crippen molar-refractivity contribution in [2.24, 2.45) is 5.92 Å². The highest BCUT2D eigenvalue weighted by atomic mass is 16.3. The number of pyridine rings is 1. The molecule has 1 aromatic rings. The van der Waals surface area contributed by atoms with Crippen LogP contribution >= 0.6 is 0 Å². The highest BCUT2D eigenvalue weighted by Gasteiger charge is 2.31. The maximum absolute atomic E-state index is 10.8. The molecule has 0 fully saturated rings. The maximum Gasteiger partial charge on any atom is 0.0651 e. The van der Waals surface area contributed by atoms with Gasteiger partial charge in [0.25, 0.3) is 0 Å². The van der Waals surface area contributed by atoms with Crippen LogP contribution in [0.1, 0.15) is 69.5 Å². The number of nitrogens with zero attached hydrogens (tertiary/aromatic N) is 1. The quantitative estimate of drug-likeness (QED) is 0.837. The second-order valence-corrected chi connectivity index (χ2v) is 5.85. The molecule has 3 unspecified atom stereocenters. The molecular weight excluding hydrogens is 234 g/mol. The summed E-state index contributed by atoms with van der Waals surface area (Å²) in [4.78, 5) is 4.56. The molecule has 0 aliphatic heterocycles. The standard InChI is InChI=1S/C17H27NO/c1-3-5-8-13(4-2)17(19)15-11-6-9-14-10-7-12-18-16(14)15/h7,10,12-13,15,17,19H,3-6,8-9,11H2,1-2H3. The lowest BCUT2D eigenvalue weighted by Gasteiger charge is -2.32. The summed E-state index contributed by atoms with van der Waals surface area (Å²) in [6.45, 7) is 4.42. The van der Waals surface area contributed by atoms with Gasteiger partial charge in [-0.15, -0.1) is 0 Å². The van der Waals surface area contributed by atoms with Crippen LogP contribution in [0.4, 0.5) is 0 Å². The van der Waals surface area contributed by atoms with Crippen LogP contribution in [0.2, 0.25) is 0 Å². The first-order chi connectivity index (χ1) is 9.27. The van der Waals surface area contributed by atoms with E-state index in [1.54, 1.807) is 0 Å². The van der Waals surface area contributed by atoms with Crippen LogP contribution in [0.25, 0.3) is 0 Å². The van der Waals surface area contributed by atoms with Crippen molar-refractivity contribution in [2.75, 3.05) is 0 Å². The van der Waals surface area contributed by atoms with Crippen molar-refractivity contribution in [2.45, 2.75) is 70.8 Å². The lowest BCUT2D eigenvalue weighted by Crippen LogP contribution is -2.30. The summed E-state index contributed by atoms with van der Waals surface area (Å²) >= 11 is 0. The summed E-state index contributed by atoms with van der Waals surface area (Å²) in [7, 11) is 0. The molecule has 0 radical (unpaired) electrons. The molecule has 1 N–H and O–H groups in total. The molecule has 0 saturated carbocycles. The fraction of sp³-hybridized carbons (Fsp3) is 0.706. The predicted molar refractivity (Wildman–Crippen MR) is 79.2 cm³/mol. The fourth-order valence-corrected chi connectivity index (χ4v) is 3.39. The van der Waals surface area contributed by atoms with Gasteiger partial charge >= 0.3 is 0 Å². The average molecular weight is 261 g/mol. The maximum atomic E-state index is 10.8. The molecule has 0 saturated heterocycles. The zero-order chi connectivity index (χ0) is 13.7. The van der Waals surface area contributed by atoms with E-state index < -0.39 is 0 Å². The minimum Gasteiger partial charge on any atom is -0.392 e. The first-order valence-electron chi connectivity index (χ1n) is 7.89. The minimum atomic E-state index is -0.217. The van der Waals surface area contributed by atoms with Gasteiger partial charge < -0.3 is 5.11 Å². The van der Waals surface area contributed by atoms with E-state index >= 15 is 0 Å². The van der Waals surface area contributed by atoms with E-state index in [0.717, 1.165) is 31.4 Å². The largest absolute Gasteiger partial charge is 0.392 e. The van der Waals surface area contributed by atoms with Crippen LogP contribution < -0.4 is 0 Å². The molecule has 0 spiro atoms. The van der Waals surface area contributed by atoms with Crippen molar-refractivity contribution in [3.05, 3.63) is 29.6 Å². The van der Waals surface area contributed by atoms with Crippen molar-refractivity contribution in [3.63, 3.8) is 0 Å². The molecule has 3 atom stereocenters. The number of aliphatic hydroxyl groups is 1. The number of hydrogen-bond acceptors (Lipinski definition) is 2.